The van der Waals surface area contributed by atoms with Gasteiger partial charge < -0.3 is 24.1 Å². The van der Waals surface area contributed by atoms with Gasteiger partial charge in [-0.05, 0) is 68.1 Å². The van der Waals surface area contributed by atoms with Crippen molar-refractivity contribution in [2.24, 2.45) is 0 Å². The number of rotatable bonds is 7. The van der Waals surface area contributed by atoms with Crippen LogP contribution in [0.25, 0.3) is 0 Å². The maximum Gasteiger partial charge on any atom is 0.259 e. The second kappa shape index (κ2) is 9.09. The van der Waals surface area contributed by atoms with Gasteiger partial charge in [-0.25, -0.2) is 0 Å². The number of amides is 1. The van der Waals surface area contributed by atoms with Gasteiger partial charge in [0.1, 0.15) is 18.1 Å². The second-order valence-corrected chi connectivity index (χ2v) is 8.49. The smallest absolute Gasteiger partial charge is 0.259 e. The predicted molar refractivity (Wildman–Crippen MR) is 123 cm³/mol. The quantitative estimate of drug-likeness (QED) is 0.567. The van der Waals surface area contributed by atoms with Crippen LogP contribution in [0, 0.1) is 0 Å². The molecule has 1 amide bonds. The van der Waals surface area contributed by atoms with E-state index in [1.807, 2.05) is 30.3 Å². The lowest BCUT2D eigenvalue weighted by Crippen LogP contribution is -2.29. The van der Waals surface area contributed by atoms with E-state index in [1.165, 1.54) is 11.3 Å². The minimum absolute atomic E-state index is 0.179. The van der Waals surface area contributed by atoms with Gasteiger partial charge in [0.2, 0.25) is 0 Å². The molecule has 2 aliphatic heterocycles. The highest BCUT2D eigenvalue weighted by Crippen LogP contribution is 2.33. The standard InChI is InChI=1S/C26H28N2O4/c1-18-15-19-5-2-3-7-24(19)28(18)16-25-23(12-14-31-25)26(29)27-20-8-10-21(11-9-20)32-17-22-6-4-13-30-22/h2-3,5,7-12,14,18,22H,4,6,13,15-17H2,1H3,(H,27,29). The lowest BCUT2D eigenvalue weighted by atomic mass is 10.1. The molecule has 2 aliphatic rings. The largest absolute Gasteiger partial charge is 0.491 e. The highest BCUT2D eigenvalue weighted by Gasteiger charge is 2.28. The summed E-state index contributed by atoms with van der Waals surface area (Å²) < 4.78 is 17.1. The molecule has 6 nitrogen and oxygen atoms in total. The Morgan fingerprint density at radius 3 is 2.81 bits per heavy atom. The third-order valence-corrected chi connectivity index (χ3v) is 6.22. The van der Waals surface area contributed by atoms with Crippen LogP contribution in [0.4, 0.5) is 11.4 Å². The summed E-state index contributed by atoms with van der Waals surface area (Å²) in [6.07, 6.45) is 4.90. The molecule has 3 heterocycles. The number of furan rings is 1. The van der Waals surface area contributed by atoms with E-state index in [0.29, 0.717) is 36.2 Å². The highest BCUT2D eigenvalue weighted by molar-refractivity contribution is 6.05. The van der Waals surface area contributed by atoms with Crippen LogP contribution in [0.1, 0.15) is 41.4 Å². The number of fused-ring (bicyclic) bond motifs is 1. The van der Waals surface area contributed by atoms with Crippen LogP contribution in [0.5, 0.6) is 5.75 Å². The first-order valence-corrected chi connectivity index (χ1v) is 11.2. The number of para-hydroxylation sites is 1. The zero-order valence-corrected chi connectivity index (χ0v) is 18.3. The SMILES string of the molecule is CC1Cc2ccccc2N1Cc1occc1C(=O)Nc1ccc(OCC2CCCO2)cc1. The average molecular weight is 433 g/mol. The molecule has 1 saturated heterocycles. The number of carbonyl (C=O) groups excluding carboxylic acids is 1. The van der Waals surface area contributed by atoms with E-state index in [1.54, 1.807) is 12.3 Å². The Bertz CT molecular complexity index is 1070. The zero-order chi connectivity index (χ0) is 21.9. The summed E-state index contributed by atoms with van der Waals surface area (Å²) in [5.74, 6) is 1.26. The minimum atomic E-state index is -0.179. The van der Waals surface area contributed by atoms with E-state index in [2.05, 4.69) is 35.3 Å². The summed E-state index contributed by atoms with van der Waals surface area (Å²) in [6.45, 7) is 4.13. The molecule has 5 rings (SSSR count). The Balaban J connectivity index is 1.22. The lowest BCUT2D eigenvalue weighted by Gasteiger charge is -2.24. The topological polar surface area (TPSA) is 63.9 Å². The number of anilines is 2. The predicted octanol–water partition coefficient (Wildman–Crippen LogP) is 5.04. The fourth-order valence-corrected chi connectivity index (χ4v) is 4.49. The molecule has 3 aromatic rings. The fraction of sp³-hybridized carbons (Fsp3) is 0.346. The summed E-state index contributed by atoms with van der Waals surface area (Å²) >= 11 is 0. The fourth-order valence-electron chi connectivity index (χ4n) is 4.49. The van der Waals surface area contributed by atoms with Crippen molar-refractivity contribution >= 4 is 17.3 Å². The van der Waals surface area contributed by atoms with Crippen molar-refractivity contribution in [2.45, 2.75) is 44.9 Å². The van der Waals surface area contributed by atoms with Crippen LogP contribution in [0.15, 0.2) is 65.3 Å². The van der Waals surface area contributed by atoms with Crippen molar-refractivity contribution in [3.8, 4) is 5.75 Å². The Labute approximate surface area is 188 Å². The van der Waals surface area contributed by atoms with E-state index in [-0.39, 0.29) is 12.0 Å². The van der Waals surface area contributed by atoms with E-state index in [0.717, 1.165) is 31.6 Å². The number of hydrogen-bond acceptors (Lipinski definition) is 5. The van der Waals surface area contributed by atoms with Gasteiger partial charge in [0.15, 0.2) is 0 Å². The molecular formula is C26H28N2O4. The molecule has 2 unspecified atom stereocenters. The van der Waals surface area contributed by atoms with Crippen LogP contribution in [-0.4, -0.2) is 31.3 Å². The summed E-state index contributed by atoms with van der Waals surface area (Å²) in [7, 11) is 0. The zero-order valence-electron chi connectivity index (χ0n) is 18.3. The molecule has 1 aromatic heterocycles. The molecule has 0 saturated carbocycles. The molecule has 0 radical (unpaired) electrons. The molecule has 0 spiro atoms. The Morgan fingerprint density at radius 1 is 1.16 bits per heavy atom. The van der Waals surface area contributed by atoms with Crippen LogP contribution >= 0.6 is 0 Å². The van der Waals surface area contributed by atoms with Crippen molar-refractivity contribution in [2.75, 3.05) is 23.4 Å². The summed E-state index contributed by atoms with van der Waals surface area (Å²) in [5, 5.41) is 2.97. The molecular weight excluding hydrogens is 404 g/mol. The van der Waals surface area contributed by atoms with Crippen molar-refractivity contribution in [3.05, 3.63) is 77.7 Å². The number of nitrogens with one attached hydrogen (secondary N) is 1. The summed E-state index contributed by atoms with van der Waals surface area (Å²) in [4.78, 5) is 15.2. The highest BCUT2D eigenvalue weighted by atomic mass is 16.5. The third-order valence-electron chi connectivity index (χ3n) is 6.22. The van der Waals surface area contributed by atoms with Crippen molar-refractivity contribution in [1.29, 1.82) is 0 Å². The van der Waals surface area contributed by atoms with Crippen LogP contribution in [0.2, 0.25) is 0 Å². The van der Waals surface area contributed by atoms with Gasteiger partial charge in [0, 0.05) is 24.0 Å². The molecule has 6 heteroatoms. The normalized spacial score (nSPS) is 19.7. The number of carbonyl (C=O) groups is 1. The van der Waals surface area contributed by atoms with Gasteiger partial charge in [-0.1, -0.05) is 18.2 Å². The van der Waals surface area contributed by atoms with Gasteiger partial charge in [0.25, 0.3) is 5.91 Å². The molecule has 0 aliphatic carbocycles. The van der Waals surface area contributed by atoms with Crippen LogP contribution in [0.3, 0.4) is 0 Å². The van der Waals surface area contributed by atoms with E-state index in [4.69, 9.17) is 13.9 Å². The number of benzene rings is 2. The molecule has 0 bridgehead atoms. The second-order valence-electron chi connectivity index (χ2n) is 8.49. The minimum Gasteiger partial charge on any atom is -0.491 e. The van der Waals surface area contributed by atoms with Crippen molar-refractivity contribution < 1.29 is 18.7 Å². The van der Waals surface area contributed by atoms with Gasteiger partial charge >= 0.3 is 0 Å². The monoisotopic (exact) mass is 432 g/mol. The molecule has 1 fully saturated rings. The molecule has 166 valence electrons. The van der Waals surface area contributed by atoms with Crippen molar-refractivity contribution in [1.82, 2.24) is 0 Å². The van der Waals surface area contributed by atoms with Crippen molar-refractivity contribution in [3.63, 3.8) is 0 Å². The van der Waals surface area contributed by atoms with Crippen LogP contribution in [-0.2, 0) is 17.7 Å². The number of ether oxygens (including phenoxy) is 2. The summed E-state index contributed by atoms with van der Waals surface area (Å²) in [6, 6.07) is 17.9. The number of hydrogen-bond donors (Lipinski definition) is 1. The van der Waals surface area contributed by atoms with E-state index >= 15 is 0 Å². The Morgan fingerprint density at radius 2 is 2.00 bits per heavy atom. The number of nitrogens with zero attached hydrogens (tertiary/aromatic N) is 1. The van der Waals surface area contributed by atoms with Gasteiger partial charge in [-0.15, -0.1) is 0 Å². The van der Waals surface area contributed by atoms with Gasteiger partial charge in [0.05, 0.1) is 24.5 Å². The maximum atomic E-state index is 12.9. The average Bonchev–Trinajstić information content (AvgIpc) is 3.55. The maximum absolute atomic E-state index is 12.9. The first-order chi connectivity index (χ1) is 15.7. The third kappa shape index (κ3) is 4.36. The Hall–Kier alpha value is -3.25. The first kappa shape index (κ1) is 20.6. The van der Waals surface area contributed by atoms with Gasteiger partial charge in [-0.3, -0.25) is 4.79 Å². The van der Waals surface area contributed by atoms with E-state index in [9.17, 15) is 4.79 Å². The summed E-state index contributed by atoms with van der Waals surface area (Å²) in [5.41, 5.74) is 3.81. The molecule has 2 atom stereocenters. The lowest BCUT2D eigenvalue weighted by molar-refractivity contribution is 0.0679. The molecule has 1 N–H and O–H groups in total. The van der Waals surface area contributed by atoms with Gasteiger partial charge in [-0.2, -0.15) is 0 Å². The van der Waals surface area contributed by atoms with E-state index < -0.39 is 0 Å². The molecule has 32 heavy (non-hydrogen) atoms. The van der Waals surface area contributed by atoms with Crippen LogP contribution < -0.4 is 15.0 Å². The molecule has 2 aromatic carbocycles. The first-order valence-electron chi connectivity index (χ1n) is 11.2. The Kier molecular flexibility index (Phi) is 5.86.